The van der Waals surface area contributed by atoms with E-state index < -0.39 is 0 Å². The van der Waals surface area contributed by atoms with Crippen LogP contribution in [0, 0.1) is 0 Å². The van der Waals surface area contributed by atoms with Gasteiger partial charge >= 0.3 is 0 Å². The minimum atomic E-state index is 0.0694. The maximum absolute atomic E-state index is 5.76. The molecule has 1 atom stereocenters. The summed E-state index contributed by atoms with van der Waals surface area (Å²) < 4.78 is 0. The molecule has 1 fully saturated rings. The Balaban J connectivity index is 1.95. The van der Waals surface area contributed by atoms with Crippen LogP contribution in [0.3, 0.4) is 0 Å². The highest BCUT2D eigenvalue weighted by molar-refractivity contribution is 7.09. The standard InChI is InChI=1S/C10H17N3S/c1-7(11)10-12-8(6-14-10)5-13(2)9-3-4-9/h6-7,9H,3-5,11H2,1-2H3. The van der Waals surface area contributed by atoms with Gasteiger partial charge < -0.3 is 5.73 Å². The molecule has 2 rings (SSSR count). The molecule has 0 aromatic carbocycles. The van der Waals surface area contributed by atoms with Crippen molar-refractivity contribution < 1.29 is 0 Å². The predicted molar refractivity (Wildman–Crippen MR) is 59.2 cm³/mol. The highest BCUT2D eigenvalue weighted by Crippen LogP contribution is 2.27. The second kappa shape index (κ2) is 3.96. The van der Waals surface area contributed by atoms with Crippen LogP contribution in [0.15, 0.2) is 5.38 Å². The summed E-state index contributed by atoms with van der Waals surface area (Å²) in [4.78, 5) is 6.89. The Hall–Kier alpha value is -0.450. The number of hydrogen-bond donors (Lipinski definition) is 1. The Labute approximate surface area is 88.9 Å². The molecule has 0 saturated heterocycles. The van der Waals surface area contributed by atoms with Crippen molar-refractivity contribution in [3.05, 3.63) is 16.1 Å². The third-order valence-corrected chi connectivity index (χ3v) is 3.64. The highest BCUT2D eigenvalue weighted by atomic mass is 32.1. The van der Waals surface area contributed by atoms with Gasteiger partial charge in [0.2, 0.25) is 0 Å². The topological polar surface area (TPSA) is 42.1 Å². The van der Waals surface area contributed by atoms with Gasteiger partial charge in [0.1, 0.15) is 5.01 Å². The number of nitrogens with two attached hydrogens (primary N) is 1. The van der Waals surface area contributed by atoms with Gasteiger partial charge in [-0.15, -0.1) is 11.3 Å². The highest BCUT2D eigenvalue weighted by Gasteiger charge is 2.26. The first-order valence-corrected chi connectivity index (χ1v) is 5.95. The predicted octanol–water partition coefficient (Wildman–Crippen LogP) is 1.76. The molecule has 1 unspecified atom stereocenters. The summed E-state index contributed by atoms with van der Waals surface area (Å²) in [6, 6.07) is 0.871. The maximum Gasteiger partial charge on any atom is 0.109 e. The average Bonchev–Trinajstić information content (AvgIpc) is 2.87. The fourth-order valence-electron chi connectivity index (χ4n) is 1.50. The Bertz CT molecular complexity index is 304. The van der Waals surface area contributed by atoms with Crippen LogP contribution in [0.2, 0.25) is 0 Å². The number of nitrogens with zero attached hydrogens (tertiary/aromatic N) is 2. The summed E-state index contributed by atoms with van der Waals surface area (Å²) in [5.74, 6) is 0. The second-order valence-corrected chi connectivity index (χ2v) is 5.00. The van der Waals surface area contributed by atoms with Gasteiger partial charge in [0.05, 0.1) is 11.7 Å². The zero-order chi connectivity index (χ0) is 10.1. The van der Waals surface area contributed by atoms with Gasteiger partial charge in [-0.3, -0.25) is 4.90 Å². The summed E-state index contributed by atoms with van der Waals surface area (Å²) >= 11 is 1.67. The molecule has 0 bridgehead atoms. The molecule has 0 radical (unpaired) electrons. The van der Waals surface area contributed by atoms with E-state index in [0.29, 0.717) is 0 Å². The summed E-state index contributed by atoms with van der Waals surface area (Å²) in [5, 5.41) is 3.17. The first-order valence-electron chi connectivity index (χ1n) is 5.07. The number of hydrogen-bond acceptors (Lipinski definition) is 4. The van der Waals surface area contributed by atoms with E-state index in [2.05, 4.69) is 22.3 Å². The van der Waals surface area contributed by atoms with Crippen LogP contribution in [0.1, 0.15) is 36.5 Å². The number of aromatic nitrogens is 1. The zero-order valence-corrected chi connectivity index (χ0v) is 9.55. The van der Waals surface area contributed by atoms with Crippen LogP contribution in [-0.4, -0.2) is 23.0 Å². The smallest absolute Gasteiger partial charge is 0.109 e. The summed E-state index contributed by atoms with van der Waals surface area (Å²) in [6.45, 7) is 2.95. The molecule has 4 heteroatoms. The Morgan fingerprint density at radius 3 is 2.93 bits per heavy atom. The van der Waals surface area contributed by atoms with Gasteiger partial charge in [0.25, 0.3) is 0 Å². The molecule has 3 nitrogen and oxygen atoms in total. The van der Waals surface area contributed by atoms with Crippen molar-refractivity contribution in [3.63, 3.8) is 0 Å². The monoisotopic (exact) mass is 211 g/mol. The van der Waals surface area contributed by atoms with Crippen LogP contribution in [0.4, 0.5) is 0 Å². The number of thiazole rings is 1. The molecule has 1 aromatic rings. The van der Waals surface area contributed by atoms with E-state index in [9.17, 15) is 0 Å². The van der Waals surface area contributed by atoms with E-state index in [1.54, 1.807) is 11.3 Å². The van der Waals surface area contributed by atoms with Crippen molar-refractivity contribution in [1.29, 1.82) is 0 Å². The lowest BCUT2D eigenvalue weighted by Crippen LogP contribution is -2.20. The van der Waals surface area contributed by atoms with Crippen molar-refractivity contribution in [1.82, 2.24) is 9.88 Å². The maximum atomic E-state index is 5.76. The molecular weight excluding hydrogens is 194 g/mol. The van der Waals surface area contributed by atoms with Crippen molar-refractivity contribution in [2.45, 2.75) is 38.4 Å². The molecule has 78 valence electrons. The molecule has 0 amide bonds. The van der Waals surface area contributed by atoms with Crippen LogP contribution in [0.25, 0.3) is 0 Å². The average molecular weight is 211 g/mol. The zero-order valence-electron chi connectivity index (χ0n) is 8.73. The van der Waals surface area contributed by atoms with E-state index >= 15 is 0 Å². The van der Waals surface area contributed by atoms with Gasteiger partial charge in [-0.2, -0.15) is 0 Å². The molecular formula is C10H17N3S. The SMILES string of the molecule is CC(N)c1nc(CN(C)C2CC2)cs1. The molecule has 14 heavy (non-hydrogen) atoms. The van der Waals surface area contributed by atoms with E-state index in [0.717, 1.165) is 23.3 Å². The van der Waals surface area contributed by atoms with E-state index in [1.807, 2.05) is 6.92 Å². The Morgan fingerprint density at radius 1 is 1.71 bits per heavy atom. The fourth-order valence-corrected chi connectivity index (χ4v) is 2.27. The molecule has 0 aliphatic heterocycles. The molecule has 2 N–H and O–H groups in total. The molecule has 1 aliphatic rings. The largest absolute Gasteiger partial charge is 0.322 e. The van der Waals surface area contributed by atoms with Crippen LogP contribution < -0.4 is 5.73 Å². The van der Waals surface area contributed by atoms with Gasteiger partial charge in [-0.1, -0.05) is 0 Å². The molecule has 0 spiro atoms. The lowest BCUT2D eigenvalue weighted by molar-refractivity contribution is 0.313. The second-order valence-electron chi connectivity index (χ2n) is 4.11. The van der Waals surface area contributed by atoms with Crippen LogP contribution in [-0.2, 0) is 6.54 Å². The third kappa shape index (κ3) is 2.32. The molecule has 1 saturated carbocycles. The summed E-state index contributed by atoms with van der Waals surface area (Å²) in [7, 11) is 2.17. The molecule has 1 aromatic heterocycles. The lowest BCUT2D eigenvalue weighted by Gasteiger charge is -2.13. The van der Waals surface area contributed by atoms with E-state index in [-0.39, 0.29) is 6.04 Å². The number of rotatable bonds is 4. The third-order valence-electron chi connectivity index (χ3n) is 2.54. The van der Waals surface area contributed by atoms with Crippen LogP contribution >= 0.6 is 11.3 Å². The van der Waals surface area contributed by atoms with Gasteiger partial charge in [0, 0.05) is 18.0 Å². The summed E-state index contributed by atoms with van der Waals surface area (Å²) in [6.07, 6.45) is 2.70. The van der Waals surface area contributed by atoms with Gasteiger partial charge in [0.15, 0.2) is 0 Å². The molecule has 1 aliphatic carbocycles. The minimum absolute atomic E-state index is 0.0694. The van der Waals surface area contributed by atoms with Crippen molar-refractivity contribution >= 4 is 11.3 Å². The Kier molecular flexibility index (Phi) is 2.85. The lowest BCUT2D eigenvalue weighted by atomic mass is 10.4. The normalized spacial score (nSPS) is 18.9. The Morgan fingerprint density at radius 2 is 2.43 bits per heavy atom. The quantitative estimate of drug-likeness (QED) is 0.825. The van der Waals surface area contributed by atoms with Crippen LogP contribution in [0.5, 0.6) is 0 Å². The van der Waals surface area contributed by atoms with Gasteiger partial charge in [-0.25, -0.2) is 4.98 Å². The molecule has 1 heterocycles. The minimum Gasteiger partial charge on any atom is -0.322 e. The van der Waals surface area contributed by atoms with Crippen molar-refractivity contribution in [2.24, 2.45) is 5.73 Å². The van der Waals surface area contributed by atoms with E-state index in [1.165, 1.54) is 12.8 Å². The van der Waals surface area contributed by atoms with Crippen molar-refractivity contribution in [3.8, 4) is 0 Å². The fraction of sp³-hybridized carbons (Fsp3) is 0.700. The van der Waals surface area contributed by atoms with Crippen molar-refractivity contribution in [2.75, 3.05) is 7.05 Å². The summed E-state index contributed by atoms with van der Waals surface area (Å²) in [5.41, 5.74) is 6.93. The first-order chi connectivity index (χ1) is 6.66. The van der Waals surface area contributed by atoms with E-state index in [4.69, 9.17) is 5.73 Å². The van der Waals surface area contributed by atoms with Gasteiger partial charge in [-0.05, 0) is 26.8 Å². The first kappa shape index (κ1) is 10.1.